The second kappa shape index (κ2) is 33.7. The Labute approximate surface area is 267 Å². The summed E-state index contributed by atoms with van der Waals surface area (Å²) < 4.78 is 0.532. The summed E-state index contributed by atoms with van der Waals surface area (Å²) in [7, 11) is 2.05. The van der Waals surface area contributed by atoms with Gasteiger partial charge in [-0.15, -0.1) is 0 Å². The van der Waals surface area contributed by atoms with Crippen LogP contribution in [0.15, 0.2) is 10.3 Å². The predicted octanol–water partition coefficient (Wildman–Crippen LogP) is 9.19. The summed E-state index contributed by atoms with van der Waals surface area (Å²) in [6.07, 6.45) is 34.5. The maximum atomic E-state index is 10.1. The topological polar surface area (TPSA) is 83.6 Å². The minimum Gasteiger partial charge on any atom is -0.393 e. The van der Waals surface area contributed by atoms with Gasteiger partial charge in [-0.05, 0) is 25.7 Å². The molecule has 2 N–H and O–H groups in total. The Bertz CT molecular complexity index is 561. The van der Waals surface area contributed by atoms with E-state index in [4.69, 9.17) is 9.68 Å². The molecule has 0 heterocycles. The monoisotopic (exact) mass is 613 g/mol. The molecule has 0 aliphatic carbocycles. The molecule has 43 heavy (non-hydrogen) atoms. The molecule has 0 aromatic carbocycles. The Hall–Kier alpha value is -1.18. The van der Waals surface area contributed by atoms with E-state index in [1.54, 1.807) is 0 Å². The van der Waals surface area contributed by atoms with Gasteiger partial charge in [0.15, 0.2) is 13.2 Å². The van der Waals surface area contributed by atoms with Gasteiger partial charge in [-0.25, -0.2) is 0 Å². The van der Waals surface area contributed by atoms with Crippen molar-refractivity contribution < 1.29 is 24.4 Å². The van der Waals surface area contributed by atoms with Crippen LogP contribution in [0.2, 0.25) is 0 Å². The number of oxime groups is 2. The maximum Gasteiger partial charge on any atom is 0.165 e. The fourth-order valence-corrected chi connectivity index (χ4v) is 5.50. The van der Waals surface area contributed by atoms with E-state index in [1.165, 1.54) is 128 Å². The van der Waals surface area contributed by atoms with Crippen LogP contribution in [-0.2, 0) is 9.68 Å². The lowest BCUT2D eigenvalue weighted by molar-refractivity contribution is -0.913. The molecule has 0 fully saturated rings. The second-order valence-electron chi connectivity index (χ2n) is 13.0. The molecule has 0 aliphatic heterocycles. The molecule has 1 atom stereocenters. The zero-order valence-corrected chi connectivity index (χ0v) is 29.0. The Balaban J connectivity index is 3.84. The molecule has 0 amide bonds. The summed E-state index contributed by atoms with van der Waals surface area (Å²) in [5, 5.41) is 27.7. The molecule has 1 unspecified atom stereocenters. The molecule has 0 aromatic rings. The number of aliphatic hydroxyl groups is 2. The fraction of sp³-hybridized carbons (Fsp3) is 0.944. The molecule has 0 spiro atoms. The fourth-order valence-electron chi connectivity index (χ4n) is 5.50. The largest absolute Gasteiger partial charge is 0.393 e. The maximum absolute atomic E-state index is 10.1. The summed E-state index contributed by atoms with van der Waals surface area (Å²) in [4.78, 5) is 11.0. The molecule has 0 aliphatic rings. The van der Waals surface area contributed by atoms with Crippen LogP contribution < -0.4 is 0 Å². The van der Waals surface area contributed by atoms with E-state index in [9.17, 15) is 10.2 Å². The second-order valence-corrected chi connectivity index (χ2v) is 13.0. The number of quaternary nitrogens is 1. The van der Waals surface area contributed by atoms with E-state index < -0.39 is 6.10 Å². The molecule has 256 valence electrons. The molecule has 0 saturated carbocycles. The zero-order valence-electron chi connectivity index (χ0n) is 29.0. The van der Waals surface area contributed by atoms with Crippen LogP contribution in [0.5, 0.6) is 0 Å². The highest BCUT2D eigenvalue weighted by atomic mass is 16.6. The van der Waals surface area contributed by atoms with Crippen molar-refractivity contribution in [3.8, 4) is 0 Å². The SMILES string of the molecule is CCCCCCCCCCCCC/C=N/OCC[N+](C)(CCO/N=C/CCCCCCCCCCCCC)CC(O)CO. The molecule has 0 bridgehead atoms. The predicted molar refractivity (Wildman–Crippen MR) is 185 cm³/mol. The number of hydrogen-bond donors (Lipinski definition) is 2. The lowest BCUT2D eigenvalue weighted by atomic mass is 10.1. The highest BCUT2D eigenvalue weighted by Crippen LogP contribution is 2.13. The Morgan fingerprint density at radius 1 is 0.558 bits per heavy atom. The highest BCUT2D eigenvalue weighted by molar-refractivity contribution is 5.56. The van der Waals surface area contributed by atoms with E-state index in [0.29, 0.717) is 37.3 Å². The van der Waals surface area contributed by atoms with E-state index in [0.717, 1.165) is 25.7 Å². The van der Waals surface area contributed by atoms with Crippen LogP contribution in [0, 0.1) is 0 Å². The minimum absolute atomic E-state index is 0.246. The minimum atomic E-state index is -0.765. The van der Waals surface area contributed by atoms with Crippen LogP contribution >= 0.6 is 0 Å². The lowest BCUT2D eigenvalue weighted by Crippen LogP contribution is -2.53. The van der Waals surface area contributed by atoms with Gasteiger partial charge in [0.05, 0.1) is 13.7 Å². The van der Waals surface area contributed by atoms with E-state index >= 15 is 0 Å². The van der Waals surface area contributed by atoms with Crippen molar-refractivity contribution in [1.29, 1.82) is 0 Å². The quantitative estimate of drug-likeness (QED) is 0.0323. The number of hydrogen-bond acceptors (Lipinski definition) is 6. The third-order valence-corrected chi connectivity index (χ3v) is 8.48. The lowest BCUT2D eigenvalue weighted by Gasteiger charge is -2.34. The van der Waals surface area contributed by atoms with Crippen molar-refractivity contribution in [2.75, 3.05) is 46.5 Å². The van der Waals surface area contributed by atoms with Gasteiger partial charge in [-0.2, -0.15) is 0 Å². The first-order chi connectivity index (χ1) is 21.1. The number of rotatable bonds is 35. The van der Waals surface area contributed by atoms with Crippen LogP contribution in [0.25, 0.3) is 0 Å². The normalized spacial score (nSPS) is 13.0. The summed E-state index contributed by atoms with van der Waals surface area (Å²) in [6.45, 7) is 7.02. The first-order valence-electron chi connectivity index (χ1n) is 18.5. The molecule has 7 heteroatoms. The third kappa shape index (κ3) is 32.0. The first kappa shape index (κ1) is 41.8. The Morgan fingerprint density at radius 2 is 0.884 bits per heavy atom. The summed E-state index contributed by atoms with van der Waals surface area (Å²) in [5.74, 6) is 0. The van der Waals surface area contributed by atoms with Crippen LogP contribution in [0.3, 0.4) is 0 Å². The van der Waals surface area contributed by atoms with Crippen molar-refractivity contribution >= 4 is 12.4 Å². The number of likely N-dealkylation sites (N-methyl/N-ethyl adjacent to an activating group) is 1. The molecule has 0 saturated heterocycles. The van der Waals surface area contributed by atoms with Gasteiger partial charge in [0.25, 0.3) is 0 Å². The Kier molecular flexibility index (Phi) is 32.8. The smallest absolute Gasteiger partial charge is 0.165 e. The first-order valence-corrected chi connectivity index (χ1v) is 18.5. The summed E-state index contributed by atoms with van der Waals surface area (Å²) >= 11 is 0. The molecular weight excluding hydrogens is 538 g/mol. The van der Waals surface area contributed by atoms with Crippen molar-refractivity contribution in [3.63, 3.8) is 0 Å². The van der Waals surface area contributed by atoms with Crippen LogP contribution in [0.1, 0.15) is 168 Å². The van der Waals surface area contributed by atoms with Crippen molar-refractivity contribution in [1.82, 2.24) is 0 Å². The van der Waals surface area contributed by atoms with Crippen molar-refractivity contribution in [2.24, 2.45) is 10.3 Å². The van der Waals surface area contributed by atoms with E-state index in [-0.39, 0.29) is 6.61 Å². The molecule has 0 radical (unpaired) electrons. The summed E-state index contributed by atoms with van der Waals surface area (Å²) in [6, 6.07) is 0. The molecular formula is C36H74N3O4+. The molecule has 7 nitrogen and oxygen atoms in total. The number of aliphatic hydroxyl groups excluding tert-OH is 2. The van der Waals surface area contributed by atoms with Gasteiger partial charge >= 0.3 is 0 Å². The number of unbranched alkanes of at least 4 members (excludes halogenated alkanes) is 22. The van der Waals surface area contributed by atoms with Gasteiger partial charge in [-0.1, -0.05) is 153 Å². The van der Waals surface area contributed by atoms with E-state index in [2.05, 4.69) is 31.2 Å². The highest BCUT2D eigenvalue weighted by Gasteiger charge is 2.25. The van der Waals surface area contributed by atoms with Gasteiger partial charge in [0, 0.05) is 12.4 Å². The van der Waals surface area contributed by atoms with Crippen LogP contribution in [0.4, 0.5) is 0 Å². The molecule has 0 aromatic heterocycles. The zero-order chi connectivity index (χ0) is 31.5. The number of nitrogens with zero attached hydrogens (tertiary/aromatic N) is 3. The van der Waals surface area contributed by atoms with Crippen molar-refractivity contribution in [3.05, 3.63) is 0 Å². The average Bonchev–Trinajstić information content (AvgIpc) is 3.00. The van der Waals surface area contributed by atoms with Gasteiger partial charge in [-0.3, -0.25) is 0 Å². The summed E-state index contributed by atoms with van der Waals surface area (Å²) in [5.41, 5.74) is 0. The van der Waals surface area contributed by atoms with Gasteiger partial charge in [0.2, 0.25) is 0 Å². The standard InChI is InChI=1S/C36H74N3O4/c1-4-6-8-10-12-14-16-18-20-22-24-26-28-37-42-32-30-39(3,34-36(41)35-40)31-33-43-38-29-27-25-23-21-19-17-15-13-11-9-7-5-2/h28-29,36,40-41H,4-27,30-35H2,1-3H3/q+1/b37-28+,38-29+. The van der Waals surface area contributed by atoms with Gasteiger partial charge < -0.3 is 24.4 Å². The average molecular weight is 613 g/mol. The van der Waals surface area contributed by atoms with E-state index in [1.807, 2.05) is 12.4 Å². The Morgan fingerprint density at radius 3 is 1.21 bits per heavy atom. The van der Waals surface area contributed by atoms with Gasteiger partial charge in [0.1, 0.15) is 25.7 Å². The van der Waals surface area contributed by atoms with Crippen LogP contribution in [-0.4, -0.2) is 79.7 Å². The third-order valence-electron chi connectivity index (χ3n) is 8.48. The van der Waals surface area contributed by atoms with Crippen molar-refractivity contribution in [2.45, 2.75) is 174 Å². The molecule has 0 rings (SSSR count).